The summed E-state index contributed by atoms with van der Waals surface area (Å²) >= 11 is 5.28. The van der Waals surface area contributed by atoms with E-state index in [1.807, 2.05) is 31.3 Å². The second-order valence-electron chi connectivity index (χ2n) is 3.93. The van der Waals surface area contributed by atoms with Crippen LogP contribution in [0.25, 0.3) is 0 Å². The summed E-state index contributed by atoms with van der Waals surface area (Å²) in [4.78, 5) is 1.20. The zero-order chi connectivity index (χ0) is 13.8. The highest BCUT2D eigenvalue weighted by molar-refractivity contribution is 9.10. The lowest BCUT2D eigenvalue weighted by atomic mass is 10.0. The van der Waals surface area contributed by atoms with Gasteiger partial charge in [0.15, 0.2) is 0 Å². The van der Waals surface area contributed by atoms with Gasteiger partial charge in [-0.3, -0.25) is 0 Å². The number of methoxy groups -OCH3 is 2. The Hall–Kier alpha value is -1.04. The number of ether oxygens (including phenoxy) is 2. The summed E-state index contributed by atoms with van der Waals surface area (Å²) in [6.07, 6.45) is 0. The molecule has 1 unspecified atom stereocenters. The van der Waals surface area contributed by atoms with Crippen molar-refractivity contribution in [2.24, 2.45) is 0 Å². The molecule has 0 amide bonds. The van der Waals surface area contributed by atoms with Crippen molar-refractivity contribution in [2.45, 2.75) is 6.04 Å². The molecule has 0 aliphatic rings. The number of thiophene rings is 1. The lowest BCUT2D eigenvalue weighted by Gasteiger charge is -2.21. The van der Waals surface area contributed by atoms with Gasteiger partial charge in [-0.15, -0.1) is 11.3 Å². The molecule has 3 nitrogen and oxygen atoms in total. The first-order chi connectivity index (χ1) is 9.22. The Balaban J connectivity index is 2.57. The summed E-state index contributed by atoms with van der Waals surface area (Å²) < 4.78 is 12.0. The molecule has 0 saturated carbocycles. The second-order valence-corrected chi connectivity index (χ2v) is 5.73. The van der Waals surface area contributed by atoms with Gasteiger partial charge in [-0.05, 0) is 46.6 Å². The van der Waals surface area contributed by atoms with Gasteiger partial charge in [0, 0.05) is 9.35 Å². The molecule has 1 heterocycles. The van der Waals surface area contributed by atoms with E-state index in [1.165, 1.54) is 4.88 Å². The topological polar surface area (TPSA) is 30.5 Å². The second kappa shape index (κ2) is 6.41. The molecule has 1 N–H and O–H groups in total. The largest absolute Gasteiger partial charge is 0.496 e. The van der Waals surface area contributed by atoms with Crippen molar-refractivity contribution >= 4 is 27.3 Å². The summed E-state index contributed by atoms with van der Waals surface area (Å²) in [5.74, 6) is 1.64. The quantitative estimate of drug-likeness (QED) is 0.896. The average Bonchev–Trinajstić information content (AvgIpc) is 2.86. The highest BCUT2D eigenvalue weighted by Crippen LogP contribution is 2.41. The number of nitrogens with one attached hydrogen (secondary N) is 1. The van der Waals surface area contributed by atoms with Crippen LogP contribution in [0.1, 0.15) is 16.5 Å². The molecule has 1 aromatic heterocycles. The third-order valence-electron chi connectivity index (χ3n) is 2.95. The highest BCUT2D eigenvalue weighted by atomic mass is 79.9. The number of benzene rings is 1. The fourth-order valence-electron chi connectivity index (χ4n) is 2.08. The minimum absolute atomic E-state index is 0.0282. The van der Waals surface area contributed by atoms with Gasteiger partial charge in [0.05, 0.1) is 25.8 Å². The van der Waals surface area contributed by atoms with Crippen molar-refractivity contribution in [1.82, 2.24) is 5.32 Å². The van der Waals surface area contributed by atoms with Crippen LogP contribution in [0.4, 0.5) is 0 Å². The maximum absolute atomic E-state index is 5.48. The fourth-order valence-corrected chi connectivity index (χ4v) is 3.80. The summed E-state index contributed by atoms with van der Waals surface area (Å²) in [5.41, 5.74) is 1.01. The molecule has 0 radical (unpaired) electrons. The maximum Gasteiger partial charge on any atom is 0.127 e. The van der Waals surface area contributed by atoms with Gasteiger partial charge in [-0.25, -0.2) is 0 Å². The monoisotopic (exact) mass is 341 g/mol. The molecule has 5 heteroatoms. The average molecular weight is 342 g/mol. The Morgan fingerprint density at radius 3 is 2.21 bits per heavy atom. The van der Waals surface area contributed by atoms with Crippen LogP contribution in [0.15, 0.2) is 34.1 Å². The van der Waals surface area contributed by atoms with E-state index < -0.39 is 0 Å². The molecule has 19 heavy (non-hydrogen) atoms. The lowest BCUT2D eigenvalue weighted by Crippen LogP contribution is -2.18. The van der Waals surface area contributed by atoms with Gasteiger partial charge >= 0.3 is 0 Å². The number of hydrogen-bond acceptors (Lipinski definition) is 4. The molecule has 2 aromatic rings. The Kier molecular flexibility index (Phi) is 4.85. The van der Waals surface area contributed by atoms with E-state index in [-0.39, 0.29) is 6.04 Å². The van der Waals surface area contributed by atoms with Crippen molar-refractivity contribution in [2.75, 3.05) is 21.3 Å². The van der Waals surface area contributed by atoms with Crippen LogP contribution in [-0.4, -0.2) is 21.3 Å². The maximum atomic E-state index is 5.48. The Morgan fingerprint density at radius 2 is 1.79 bits per heavy atom. The van der Waals surface area contributed by atoms with Crippen molar-refractivity contribution in [3.63, 3.8) is 0 Å². The van der Waals surface area contributed by atoms with Crippen molar-refractivity contribution in [3.8, 4) is 11.5 Å². The third-order valence-corrected chi connectivity index (χ3v) is 4.89. The van der Waals surface area contributed by atoms with Gasteiger partial charge in [-0.1, -0.05) is 6.07 Å². The molecule has 2 rings (SSSR count). The van der Waals surface area contributed by atoms with E-state index in [0.717, 1.165) is 21.5 Å². The van der Waals surface area contributed by atoms with E-state index in [0.29, 0.717) is 0 Å². The number of halogens is 1. The Labute approximate surface area is 125 Å². The van der Waals surface area contributed by atoms with Crippen LogP contribution >= 0.6 is 27.3 Å². The Morgan fingerprint density at radius 1 is 1.16 bits per heavy atom. The van der Waals surface area contributed by atoms with E-state index in [1.54, 1.807) is 25.6 Å². The smallest absolute Gasteiger partial charge is 0.127 e. The molecule has 0 spiro atoms. The van der Waals surface area contributed by atoms with Crippen LogP contribution < -0.4 is 14.8 Å². The number of rotatable bonds is 5. The van der Waals surface area contributed by atoms with E-state index in [9.17, 15) is 0 Å². The van der Waals surface area contributed by atoms with Crippen molar-refractivity contribution < 1.29 is 9.47 Å². The third kappa shape index (κ3) is 2.78. The minimum atomic E-state index is 0.0282. The molecule has 1 aromatic carbocycles. The van der Waals surface area contributed by atoms with E-state index in [4.69, 9.17) is 9.47 Å². The molecule has 102 valence electrons. The summed E-state index contributed by atoms with van der Waals surface area (Å²) in [6.45, 7) is 0. The van der Waals surface area contributed by atoms with Crippen LogP contribution in [0.2, 0.25) is 0 Å². The number of hydrogen-bond donors (Lipinski definition) is 1. The molecule has 0 aliphatic carbocycles. The predicted octanol–water partition coefficient (Wildman–Crippen LogP) is 3.84. The standard InChI is InChI=1S/C14H16BrNO2S/c1-16-13(14-9(15)7-8-19-14)12-10(17-2)5-4-6-11(12)18-3/h4-8,13,16H,1-3H3. The summed E-state index contributed by atoms with van der Waals surface area (Å²) in [6, 6.07) is 7.90. The van der Waals surface area contributed by atoms with Crippen LogP contribution in [0, 0.1) is 0 Å². The van der Waals surface area contributed by atoms with E-state index >= 15 is 0 Å². The Bertz CT molecular complexity index is 534. The predicted molar refractivity (Wildman–Crippen MR) is 82.5 cm³/mol. The molecular weight excluding hydrogens is 326 g/mol. The molecule has 0 fully saturated rings. The fraction of sp³-hybridized carbons (Fsp3) is 0.286. The van der Waals surface area contributed by atoms with Gasteiger partial charge in [0.25, 0.3) is 0 Å². The molecule has 0 bridgehead atoms. The SMILES string of the molecule is CNC(c1sccc1Br)c1c(OC)cccc1OC. The van der Waals surface area contributed by atoms with Gasteiger partial charge in [-0.2, -0.15) is 0 Å². The van der Waals surface area contributed by atoms with Gasteiger partial charge in [0.1, 0.15) is 11.5 Å². The highest BCUT2D eigenvalue weighted by Gasteiger charge is 2.23. The first-order valence-electron chi connectivity index (χ1n) is 5.84. The van der Waals surface area contributed by atoms with Crippen molar-refractivity contribution in [3.05, 3.63) is 44.6 Å². The zero-order valence-corrected chi connectivity index (χ0v) is 13.5. The molecular formula is C14H16BrNO2S. The first-order valence-corrected chi connectivity index (χ1v) is 7.51. The molecule has 1 atom stereocenters. The van der Waals surface area contributed by atoms with Crippen LogP contribution in [-0.2, 0) is 0 Å². The zero-order valence-electron chi connectivity index (χ0n) is 11.1. The lowest BCUT2D eigenvalue weighted by molar-refractivity contribution is 0.379. The van der Waals surface area contributed by atoms with Gasteiger partial charge < -0.3 is 14.8 Å². The minimum Gasteiger partial charge on any atom is -0.496 e. The summed E-state index contributed by atoms with van der Waals surface area (Å²) in [7, 11) is 5.28. The van der Waals surface area contributed by atoms with Gasteiger partial charge in [0.2, 0.25) is 0 Å². The van der Waals surface area contributed by atoms with Crippen LogP contribution in [0.3, 0.4) is 0 Å². The van der Waals surface area contributed by atoms with Crippen LogP contribution in [0.5, 0.6) is 11.5 Å². The van der Waals surface area contributed by atoms with Crippen molar-refractivity contribution in [1.29, 1.82) is 0 Å². The molecule has 0 aliphatic heterocycles. The normalized spacial score (nSPS) is 12.2. The molecule has 0 saturated heterocycles. The van der Waals surface area contributed by atoms with E-state index in [2.05, 4.69) is 26.6 Å². The summed E-state index contributed by atoms with van der Waals surface area (Å²) in [5, 5.41) is 5.39. The first kappa shape index (κ1) is 14.4.